The zero-order valence-corrected chi connectivity index (χ0v) is 9.86. The molecule has 0 spiro atoms. The third-order valence-electron chi connectivity index (χ3n) is 3.26. The quantitative estimate of drug-likeness (QED) is 0.562. The van der Waals surface area contributed by atoms with Gasteiger partial charge in [0.05, 0.1) is 6.61 Å². The van der Waals surface area contributed by atoms with Gasteiger partial charge in [-0.1, -0.05) is 6.92 Å². The highest BCUT2D eigenvalue weighted by molar-refractivity contribution is 6.01. The van der Waals surface area contributed by atoms with Gasteiger partial charge >= 0.3 is 11.9 Å². The highest BCUT2D eigenvalue weighted by atomic mass is 16.6. The van der Waals surface area contributed by atoms with Gasteiger partial charge in [-0.2, -0.15) is 0 Å². The third-order valence-corrected chi connectivity index (χ3v) is 3.26. The average Bonchev–Trinajstić information content (AvgIpc) is 2.45. The van der Waals surface area contributed by atoms with Crippen LogP contribution in [0, 0.1) is 11.3 Å². The number of hydrogen-bond donors (Lipinski definition) is 1. The fraction of sp³-hybridized carbons (Fsp3) is 0.818. The molecule has 0 aromatic carbocycles. The Morgan fingerprint density at radius 2 is 2.25 bits per heavy atom. The van der Waals surface area contributed by atoms with E-state index in [0.717, 1.165) is 0 Å². The molecule has 0 aromatic heterocycles. The molecule has 0 aliphatic carbocycles. The lowest BCUT2D eigenvalue weighted by Gasteiger charge is -2.23. The van der Waals surface area contributed by atoms with Gasteiger partial charge in [-0.15, -0.1) is 0 Å². The Morgan fingerprint density at radius 3 is 2.75 bits per heavy atom. The van der Waals surface area contributed by atoms with Gasteiger partial charge in [0.15, 0.2) is 5.41 Å². The van der Waals surface area contributed by atoms with Crippen LogP contribution >= 0.6 is 0 Å². The van der Waals surface area contributed by atoms with Crippen molar-refractivity contribution in [1.82, 2.24) is 0 Å². The molecule has 3 unspecified atom stereocenters. The Hall–Kier alpha value is -1.10. The highest BCUT2D eigenvalue weighted by Gasteiger charge is 2.57. The number of hydrogen-bond acceptors (Lipinski definition) is 5. The summed E-state index contributed by atoms with van der Waals surface area (Å²) < 4.78 is 9.99. The molecule has 5 nitrogen and oxygen atoms in total. The summed E-state index contributed by atoms with van der Waals surface area (Å²) in [5.41, 5.74) is -1.24. The maximum absolute atomic E-state index is 11.8. The number of aliphatic hydroxyl groups excluding tert-OH is 1. The zero-order valence-electron chi connectivity index (χ0n) is 9.86. The van der Waals surface area contributed by atoms with E-state index in [2.05, 4.69) is 0 Å². The second-order valence-electron chi connectivity index (χ2n) is 4.17. The minimum absolute atomic E-state index is 0.0683. The van der Waals surface area contributed by atoms with Crippen LogP contribution in [0.2, 0.25) is 0 Å². The summed E-state index contributed by atoms with van der Waals surface area (Å²) in [6, 6.07) is 0. The number of carbonyl (C=O) groups excluding carboxylic acids is 2. The lowest BCUT2D eigenvalue weighted by Crippen LogP contribution is -2.39. The van der Waals surface area contributed by atoms with E-state index in [9.17, 15) is 9.59 Å². The number of esters is 2. The molecule has 1 rings (SSSR count). The van der Waals surface area contributed by atoms with Crippen molar-refractivity contribution in [2.45, 2.75) is 33.3 Å². The number of aliphatic hydroxyl groups is 1. The number of cyclic esters (lactones) is 1. The lowest BCUT2D eigenvalue weighted by atomic mass is 9.77. The lowest BCUT2D eigenvalue weighted by molar-refractivity contribution is -0.164. The predicted molar refractivity (Wildman–Crippen MR) is 55.5 cm³/mol. The van der Waals surface area contributed by atoms with Gasteiger partial charge in [-0.3, -0.25) is 9.59 Å². The van der Waals surface area contributed by atoms with Crippen LogP contribution in [-0.4, -0.2) is 36.4 Å². The Balaban J connectivity index is 2.87. The Morgan fingerprint density at radius 1 is 1.62 bits per heavy atom. The molecule has 1 aliphatic heterocycles. The molecule has 0 saturated carbocycles. The fourth-order valence-electron chi connectivity index (χ4n) is 1.91. The second-order valence-corrected chi connectivity index (χ2v) is 4.17. The average molecular weight is 230 g/mol. The first-order valence-electron chi connectivity index (χ1n) is 5.47. The summed E-state index contributed by atoms with van der Waals surface area (Å²) in [5, 5.41) is 8.84. The van der Waals surface area contributed by atoms with Crippen LogP contribution in [0.25, 0.3) is 0 Å². The van der Waals surface area contributed by atoms with Crippen molar-refractivity contribution in [3.63, 3.8) is 0 Å². The van der Waals surface area contributed by atoms with Crippen LogP contribution in [0.5, 0.6) is 0 Å². The van der Waals surface area contributed by atoms with Crippen LogP contribution in [-0.2, 0) is 19.1 Å². The summed E-state index contributed by atoms with van der Waals surface area (Å²) in [4.78, 5) is 23.5. The van der Waals surface area contributed by atoms with Crippen LogP contribution in [0.4, 0.5) is 0 Å². The molecule has 5 heteroatoms. The van der Waals surface area contributed by atoms with Gasteiger partial charge in [-0.05, 0) is 13.8 Å². The molecule has 0 radical (unpaired) electrons. The van der Waals surface area contributed by atoms with Crippen molar-refractivity contribution in [1.29, 1.82) is 0 Å². The molecule has 1 saturated heterocycles. The summed E-state index contributed by atoms with van der Waals surface area (Å²) in [6.45, 7) is 5.16. The summed E-state index contributed by atoms with van der Waals surface area (Å²) >= 11 is 0. The first-order valence-corrected chi connectivity index (χ1v) is 5.47. The molecule has 0 aromatic rings. The van der Waals surface area contributed by atoms with Gasteiger partial charge in [0.25, 0.3) is 0 Å². The molecule has 3 atom stereocenters. The van der Waals surface area contributed by atoms with Gasteiger partial charge < -0.3 is 14.6 Å². The van der Waals surface area contributed by atoms with Crippen molar-refractivity contribution in [3.8, 4) is 0 Å². The molecule has 1 N–H and O–H groups in total. The van der Waals surface area contributed by atoms with Crippen molar-refractivity contribution in [2.75, 3.05) is 13.2 Å². The highest BCUT2D eigenvalue weighted by Crippen LogP contribution is 2.41. The molecular weight excluding hydrogens is 212 g/mol. The maximum atomic E-state index is 11.8. The van der Waals surface area contributed by atoms with E-state index in [1.165, 1.54) is 6.92 Å². The zero-order chi connectivity index (χ0) is 12.3. The van der Waals surface area contributed by atoms with E-state index >= 15 is 0 Å². The van der Waals surface area contributed by atoms with Gasteiger partial charge in [0, 0.05) is 18.9 Å². The van der Waals surface area contributed by atoms with Crippen LogP contribution in [0.1, 0.15) is 27.2 Å². The largest absolute Gasteiger partial charge is 0.465 e. The Labute approximate surface area is 94.7 Å². The van der Waals surface area contributed by atoms with Crippen molar-refractivity contribution < 1.29 is 24.2 Å². The number of carbonyl (C=O) groups is 2. The normalized spacial score (nSPS) is 33.6. The topological polar surface area (TPSA) is 72.8 Å². The smallest absolute Gasteiger partial charge is 0.323 e. The number of ether oxygens (including phenoxy) is 2. The molecule has 16 heavy (non-hydrogen) atoms. The first kappa shape index (κ1) is 13.0. The molecule has 0 amide bonds. The van der Waals surface area contributed by atoms with Crippen LogP contribution in [0.3, 0.4) is 0 Å². The Bertz CT molecular complexity index is 288. The maximum Gasteiger partial charge on any atom is 0.323 e. The van der Waals surface area contributed by atoms with Crippen molar-refractivity contribution in [2.24, 2.45) is 11.3 Å². The molecule has 92 valence electrons. The number of rotatable bonds is 4. The standard InChI is InChI=1S/C11H18O5/c1-4-15-9(13)11(3)7(2)8(5-6-12)16-10(11)14/h7-8,12H,4-6H2,1-3H3. The molecule has 0 bridgehead atoms. The van der Waals surface area contributed by atoms with E-state index in [-0.39, 0.29) is 19.1 Å². The van der Waals surface area contributed by atoms with Crippen molar-refractivity contribution >= 4 is 11.9 Å². The Kier molecular flexibility index (Phi) is 3.91. The minimum atomic E-state index is -1.24. The molecule has 1 fully saturated rings. The van der Waals surface area contributed by atoms with Gasteiger partial charge in [-0.25, -0.2) is 0 Å². The fourth-order valence-corrected chi connectivity index (χ4v) is 1.91. The predicted octanol–water partition coefficient (Wildman–Crippen LogP) is 0.500. The van der Waals surface area contributed by atoms with Gasteiger partial charge in [0.1, 0.15) is 6.10 Å². The van der Waals surface area contributed by atoms with E-state index < -0.39 is 23.5 Å². The first-order chi connectivity index (χ1) is 7.48. The SMILES string of the molecule is CCOC(=O)C1(C)C(=O)OC(CCO)C1C. The molecule has 1 aliphatic rings. The minimum Gasteiger partial charge on any atom is -0.465 e. The second kappa shape index (κ2) is 4.82. The van der Waals surface area contributed by atoms with E-state index in [4.69, 9.17) is 14.6 Å². The molecule has 1 heterocycles. The van der Waals surface area contributed by atoms with Crippen LogP contribution in [0.15, 0.2) is 0 Å². The third kappa shape index (κ3) is 1.91. The summed E-state index contributed by atoms with van der Waals surface area (Å²) in [6.07, 6.45) is -0.0612. The van der Waals surface area contributed by atoms with E-state index in [0.29, 0.717) is 6.42 Å². The summed E-state index contributed by atoms with van der Waals surface area (Å²) in [7, 11) is 0. The van der Waals surface area contributed by atoms with E-state index in [1.807, 2.05) is 0 Å². The van der Waals surface area contributed by atoms with Crippen LogP contribution < -0.4 is 0 Å². The molecular formula is C11H18O5. The summed E-state index contributed by atoms with van der Waals surface area (Å²) in [5.74, 6) is -1.39. The van der Waals surface area contributed by atoms with Crippen molar-refractivity contribution in [3.05, 3.63) is 0 Å². The van der Waals surface area contributed by atoms with Gasteiger partial charge in [0.2, 0.25) is 0 Å². The monoisotopic (exact) mass is 230 g/mol. The van der Waals surface area contributed by atoms with E-state index in [1.54, 1.807) is 13.8 Å².